The first-order chi connectivity index (χ1) is 9.56. The van der Waals surface area contributed by atoms with E-state index < -0.39 is 10.0 Å². The van der Waals surface area contributed by atoms with Gasteiger partial charge in [-0.05, 0) is 19.1 Å². The molecule has 104 valence electrons. The fourth-order valence-corrected chi connectivity index (χ4v) is 3.58. The first-order valence-electron chi connectivity index (χ1n) is 5.79. The first kappa shape index (κ1) is 13.2. The quantitative estimate of drug-likeness (QED) is 0.776. The Kier molecular flexibility index (Phi) is 3.24. The van der Waals surface area contributed by atoms with E-state index in [0.29, 0.717) is 15.8 Å². The summed E-state index contributed by atoms with van der Waals surface area (Å²) in [4.78, 5) is 0.885. The molecule has 1 N–H and O–H groups in total. The van der Waals surface area contributed by atoms with Crippen molar-refractivity contribution in [1.82, 2.24) is 24.5 Å². The minimum atomic E-state index is -3.52. The van der Waals surface area contributed by atoms with Gasteiger partial charge in [0.25, 0.3) is 0 Å². The van der Waals surface area contributed by atoms with Crippen molar-refractivity contribution >= 4 is 26.3 Å². The van der Waals surface area contributed by atoms with Crippen LogP contribution in [0.5, 0.6) is 0 Å². The van der Waals surface area contributed by atoms with Crippen LogP contribution in [0.3, 0.4) is 0 Å². The van der Waals surface area contributed by atoms with Crippen molar-refractivity contribution < 1.29 is 8.42 Å². The van der Waals surface area contributed by atoms with Gasteiger partial charge in [0.2, 0.25) is 15.0 Å². The number of aromatic nitrogens is 4. The Morgan fingerprint density at radius 3 is 2.70 bits per heavy atom. The third kappa shape index (κ3) is 2.42. The highest BCUT2D eigenvalue weighted by molar-refractivity contribution is 7.89. The maximum atomic E-state index is 12.1. The standard InChI is InChI=1S/C11H11N5O2S2/c1-8-13-14-11-16(8)15-10(19-11)7-12-20(17,18)9-5-3-2-4-6-9/h2-6,12H,7H2,1H3. The van der Waals surface area contributed by atoms with Gasteiger partial charge in [-0.15, -0.1) is 10.2 Å². The molecule has 0 aliphatic heterocycles. The lowest BCUT2D eigenvalue weighted by Gasteiger charge is -2.04. The van der Waals surface area contributed by atoms with Gasteiger partial charge in [0.1, 0.15) is 5.01 Å². The molecule has 0 spiro atoms. The van der Waals surface area contributed by atoms with Crippen LogP contribution in [0.25, 0.3) is 4.96 Å². The summed E-state index contributed by atoms with van der Waals surface area (Å²) < 4.78 is 28.2. The van der Waals surface area contributed by atoms with Crippen LogP contribution >= 0.6 is 11.3 Å². The summed E-state index contributed by atoms with van der Waals surface area (Å²) in [5, 5.41) is 12.7. The number of fused-ring (bicyclic) bond motifs is 1. The van der Waals surface area contributed by atoms with Crippen LogP contribution in [0.4, 0.5) is 0 Å². The first-order valence-corrected chi connectivity index (χ1v) is 8.09. The summed E-state index contributed by atoms with van der Waals surface area (Å²) in [6, 6.07) is 8.23. The SMILES string of the molecule is Cc1nnc2sc(CNS(=O)(=O)c3ccccc3)nn12. The Hall–Kier alpha value is -1.84. The molecule has 1 aromatic carbocycles. The van der Waals surface area contributed by atoms with Gasteiger partial charge in [-0.1, -0.05) is 29.5 Å². The fourth-order valence-electron chi connectivity index (χ4n) is 1.67. The molecule has 0 amide bonds. The van der Waals surface area contributed by atoms with E-state index in [4.69, 9.17) is 0 Å². The van der Waals surface area contributed by atoms with Crippen molar-refractivity contribution in [3.05, 3.63) is 41.2 Å². The van der Waals surface area contributed by atoms with Crippen LogP contribution in [0, 0.1) is 6.92 Å². The van der Waals surface area contributed by atoms with Crippen LogP contribution < -0.4 is 4.72 Å². The Balaban J connectivity index is 1.79. The van der Waals surface area contributed by atoms with Crippen LogP contribution in [0.1, 0.15) is 10.8 Å². The topological polar surface area (TPSA) is 89.2 Å². The number of rotatable bonds is 4. The second-order valence-electron chi connectivity index (χ2n) is 4.07. The van der Waals surface area contributed by atoms with E-state index in [1.54, 1.807) is 41.8 Å². The minimum absolute atomic E-state index is 0.130. The summed E-state index contributed by atoms with van der Waals surface area (Å²) in [5.74, 6) is 0.674. The average molecular weight is 309 g/mol. The average Bonchev–Trinajstić information content (AvgIpc) is 3.00. The molecule has 0 bridgehead atoms. The second kappa shape index (κ2) is 4.93. The number of benzene rings is 1. The largest absolute Gasteiger partial charge is 0.240 e. The number of hydrogen-bond donors (Lipinski definition) is 1. The number of sulfonamides is 1. The van der Waals surface area contributed by atoms with Crippen molar-refractivity contribution in [1.29, 1.82) is 0 Å². The molecule has 2 aromatic heterocycles. The van der Waals surface area contributed by atoms with Gasteiger partial charge >= 0.3 is 0 Å². The predicted octanol–water partition coefficient (Wildman–Crippen LogP) is 0.973. The maximum Gasteiger partial charge on any atom is 0.240 e. The van der Waals surface area contributed by atoms with Gasteiger partial charge < -0.3 is 0 Å². The normalized spacial score (nSPS) is 12.1. The van der Waals surface area contributed by atoms with E-state index in [-0.39, 0.29) is 11.4 Å². The van der Waals surface area contributed by atoms with E-state index in [1.807, 2.05) is 0 Å². The highest BCUT2D eigenvalue weighted by Crippen LogP contribution is 2.14. The molecule has 0 atom stereocenters. The molecule has 0 unspecified atom stereocenters. The van der Waals surface area contributed by atoms with Gasteiger partial charge in [-0.25, -0.2) is 13.1 Å². The Morgan fingerprint density at radius 1 is 1.25 bits per heavy atom. The number of nitrogens with one attached hydrogen (secondary N) is 1. The molecule has 3 aromatic rings. The molecule has 3 rings (SSSR count). The van der Waals surface area contributed by atoms with E-state index in [1.165, 1.54) is 11.3 Å². The van der Waals surface area contributed by atoms with Gasteiger partial charge in [-0.2, -0.15) is 9.61 Å². The van der Waals surface area contributed by atoms with Crippen LogP contribution in [-0.2, 0) is 16.6 Å². The van der Waals surface area contributed by atoms with Gasteiger partial charge in [0.05, 0.1) is 11.4 Å². The van der Waals surface area contributed by atoms with E-state index >= 15 is 0 Å². The molecule has 7 nitrogen and oxygen atoms in total. The van der Waals surface area contributed by atoms with Crippen LogP contribution in [0.15, 0.2) is 35.2 Å². The van der Waals surface area contributed by atoms with Crippen molar-refractivity contribution in [3.63, 3.8) is 0 Å². The lowest BCUT2D eigenvalue weighted by molar-refractivity contribution is 0.580. The zero-order chi connectivity index (χ0) is 14.2. The number of hydrogen-bond acceptors (Lipinski definition) is 6. The Morgan fingerprint density at radius 2 is 2.00 bits per heavy atom. The molecular weight excluding hydrogens is 298 g/mol. The molecule has 0 saturated carbocycles. The monoisotopic (exact) mass is 309 g/mol. The van der Waals surface area contributed by atoms with Gasteiger partial charge in [0, 0.05) is 0 Å². The molecular formula is C11H11N5O2S2. The Labute approximate surface area is 119 Å². The van der Waals surface area contributed by atoms with Gasteiger partial charge in [-0.3, -0.25) is 0 Å². The molecule has 0 saturated heterocycles. The summed E-state index contributed by atoms with van der Waals surface area (Å²) in [6.45, 7) is 1.92. The smallest absolute Gasteiger partial charge is 0.207 e. The molecule has 0 aliphatic rings. The second-order valence-corrected chi connectivity index (χ2v) is 6.88. The molecule has 0 fully saturated rings. The van der Waals surface area contributed by atoms with E-state index in [0.717, 1.165) is 0 Å². The van der Waals surface area contributed by atoms with Crippen molar-refractivity contribution in [2.24, 2.45) is 0 Å². The minimum Gasteiger partial charge on any atom is -0.207 e. The van der Waals surface area contributed by atoms with E-state index in [9.17, 15) is 8.42 Å². The molecule has 0 aliphatic carbocycles. The molecule has 0 radical (unpaired) electrons. The van der Waals surface area contributed by atoms with Crippen LogP contribution in [-0.4, -0.2) is 28.2 Å². The predicted molar refractivity (Wildman–Crippen MR) is 73.9 cm³/mol. The molecule has 9 heteroatoms. The third-order valence-corrected chi connectivity index (χ3v) is 4.97. The van der Waals surface area contributed by atoms with Crippen molar-refractivity contribution in [3.8, 4) is 0 Å². The molecule has 2 heterocycles. The Bertz CT molecular complexity index is 838. The zero-order valence-electron chi connectivity index (χ0n) is 10.5. The van der Waals surface area contributed by atoms with Crippen molar-refractivity contribution in [2.45, 2.75) is 18.4 Å². The summed E-state index contributed by atoms with van der Waals surface area (Å²) in [6.07, 6.45) is 0. The van der Waals surface area contributed by atoms with Crippen LogP contribution in [0.2, 0.25) is 0 Å². The number of aryl methyl sites for hydroxylation is 1. The van der Waals surface area contributed by atoms with Gasteiger partial charge in [0.15, 0.2) is 5.82 Å². The fraction of sp³-hybridized carbons (Fsp3) is 0.182. The van der Waals surface area contributed by atoms with Crippen molar-refractivity contribution in [2.75, 3.05) is 0 Å². The maximum absolute atomic E-state index is 12.1. The summed E-state index contributed by atoms with van der Waals surface area (Å²) >= 11 is 1.31. The van der Waals surface area contributed by atoms with E-state index in [2.05, 4.69) is 20.0 Å². The number of nitrogens with zero attached hydrogens (tertiary/aromatic N) is 4. The third-order valence-electron chi connectivity index (χ3n) is 2.66. The molecule has 20 heavy (non-hydrogen) atoms. The highest BCUT2D eigenvalue weighted by atomic mass is 32.2. The summed E-state index contributed by atoms with van der Waals surface area (Å²) in [5.41, 5.74) is 0. The summed E-state index contributed by atoms with van der Waals surface area (Å²) in [7, 11) is -3.52. The lowest BCUT2D eigenvalue weighted by atomic mass is 10.4. The zero-order valence-corrected chi connectivity index (χ0v) is 12.1. The highest BCUT2D eigenvalue weighted by Gasteiger charge is 2.15. The lowest BCUT2D eigenvalue weighted by Crippen LogP contribution is -2.23.